The lowest BCUT2D eigenvalue weighted by Crippen LogP contribution is -2.32. The van der Waals surface area contributed by atoms with E-state index in [0.29, 0.717) is 5.91 Å². The first-order valence-electron chi connectivity index (χ1n) is 4.47. The lowest BCUT2D eigenvalue weighted by atomic mass is 10.1. The molecule has 0 N–H and O–H groups in total. The van der Waals surface area contributed by atoms with Gasteiger partial charge in [0.15, 0.2) is 0 Å². The van der Waals surface area contributed by atoms with Crippen molar-refractivity contribution < 1.29 is 4.79 Å². The smallest absolute Gasteiger partial charge is 0.222 e. The maximum Gasteiger partial charge on any atom is 0.222 e. The molecule has 0 saturated carbocycles. The highest BCUT2D eigenvalue weighted by Gasteiger charge is 2.16. The van der Waals surface area contributed by atoms with Crippen LogP contribution in [0.4, 0.5) is 0 Å². The molecule has 1 fully saturated rings. The Hall–Kier alpha value is -0.530. The van der Waals surface area contributed by atoms with Crippen LogP contribution in [0.15, 0.2) is 0 Å². The van der Waals surface area contributed by atoms with Crippen molar-refractivity contribution in [2.75, 3.05) is 6.54 Å². The van der Waals surface area contributed by atoms with Gasteiger partial charge in [-0.1, -0.05) is 13.3 Å². The van der Waals surface area contributed by atoms with Crippen LogP contribution >= 0.6 is 0 Å². The summed E-state index contributed by atoms with van der Waals surface area (Å²) >= 11 is 0. The molecular formula is C9H16NO. The Labute approximate surface area is 68.6 Å². The van der Waals surface area contributed by atoms with E-state index in [1.165, 1.54) is 6.42 Å². The normalized spacial score (nSPS) is 19.0. The third-order valence-electron chi connectivity index (χ3n) is 2.00. The molecule has 63 valence electrons. The zero-order valence-corrected chi connectivity index (χ0v) is 7.18. The minimum Gasteiger partial charge on any atom is -0.338 e. The van der Waals surface area contributed by atoms with E-state index in [1.54, 1.807) is 0 Å². The molecule has 1 heterocycles. The van der Waals surface area contributed by atoms with Crippen molar-refractivity contribution in [3.05, 3.63) is 6.54 Å². The van der Waals surface area contributed by atoms with E-state index < -0.39 is 0 Å². The van der Waals surface area contributed by atoms with Crippen LogP contribution in [0, 0.1) is 6.54 Å². The first kappa shape index (κ1) is 8.57. The molecule has 0 spiro atoms. The monoisotopic (exact) mass is 154 g/mol. The van der Waals surface area contributed by atoms with Crippen molar-refractivity contribution in [1.82, 2.24) is 4.90 Å². The van der Waals surface area contributed by atoms with Crippen LogP contribution in [0.5, 0.6) is 0 Å². The second-order valence-electron chi connectivity index (χ2n) is 3.02. The van der Waals surface area contributed by atoms with Gasteiger partial charge in [-0.05, 0) is 19.3 Å². The Bertz CT molecular complexity index is 134. The number of nitrogens with zero attached hydrogens (tertiary/aromatic N) is 1. The van der Waals surface area contributed by atoms with Crippen LogP contribution in [-0.4, -0.2) is 17.4 Å². The summed E-state index contributed by atoms with van der Waals surface area (Å²) in [5.74, 6) is 0.310. The van der Waals surface area contributed by atoms with E-state index in [1.807, 2.05) is 11.4 Å². The molecule has 0 unspecified atom stereocenters. The first-order chi connectivity index (χ1) is 5.34. The number of likely N-dealkylation sites (tertiary alicyclic amines) is 1. The van der Waals surface area contributed by atoms with Crippen molar-refractivity contribution in [3.8, 4) is 0 Å². The summed E-state index contributed by atoms with van der Waals surface area (Å²) in [7, 11) is 0. The molecule has 1 radical (unpaired) electrons. The van der Waals surface area contributed by atoms with E-state index in [-0.39, 0.29) is 0 Å². The van der Waals surface area contributed by atoms with Crippen molar-refractivity contribution in [2.45, 2.75) is 39.0 Å². The predicted octanol–water partition coefficient (Wildman–Crippen LogP) is 1.96. The van der Waals surface area contributed by atoms with Gasteiger partial charge in [0.05, 0.1) is 6.54 Å². The van der Waals surface area contributed by atoms with Crippen molar-refractivity contribution >= 4 is 5.91 Å². The highest BCUT2D eigenvalue weighted by atomic mass is 16.2. The highest BCUT2D eigenvalue weighted by Crippen LogP contribution is 2.13. The molecule has 0 aromatic carbocycles. The zero-order valence-electron chi connectivity index (χ0n) is 7.18. The Morgan fingerprint density at radius 2 is 2.36 bits per heavy atom. The van der Waals surface area contributed by atoms with Gasteiger partial charge in [0.25, 0.3) is 0 Å². The average Bonchev–Trinajstić information content (AvgIpc) is 2.03. The van der Waals surface area contributed by atoms with Gasteiger partial charge in [0, 0.05) is 13.0 Å². The summed E-state index contributed by atoms with van der Waals surface area (Å²) in [6.45, 7) is 5.12. The molecule has 1 saturated heterocycles. The summed E-state index contributed by atoms with van der Waals surface area (Å²) in [6, 6.07) is 0. The van der Waals surface area contributed by atoms with Crippen LogP contribution in [0.2, 0.25) is 0 Å². The fraction of sp³-hybridized carbons (Fsp3) is 0.778. The molecule has 1 aliphatic rings. The molecule has 0 aromatic heterocycles. The maximum absolute atomic E-state index is 11.2. The third-order valence-corrected chi connectivity index (χ3v) is 2.00. The maximum atomic E-state index is 11.2. The molecule has 0 aliphatic carbocycles. The quantitative estimate of drug-likeness (QED) is 0.608. The molecule has 2 nitrogen and oxygen atoms in total. The van der Waals surface area contributed by atoms with Gasteiger partial charge in [0.1, 0.15) is 0 Å². The third kappa shape index (κ3) is 2.52. The molecule has 0 atom stereocenters. The highest BCUT2D eigenvalue weighted by molar-refractivity contribution is 5.77. The molecule has 2 heteroatoms. The molecule has 0 aromatic rings. The van der Waals surface area contributed by atoms with E-state index in [0.717, 1.165) is 32.2 Å². The molecular weight excluding hydrogens is 138 g/mol. The zero-order chi connectivity index (χ0) is 8.10. The van der Waals surface area contributed by atoms with E-state index in [2.05, 4.69) is 6.92 Å². The number of amides is 1. The van der Waals surface area contributed by atoms with Crippen molar-refractivity contribution in [1.29, 1.82) is 0 Å². The fourth-order valence-electron chi connectivity index (χ4n) is 1.30. The van der Waals surface area contributed by atoms with Crippen LogP contribution in [-0.2, 0) is 4.79 Å². The Balaban J connectivity index is 2.24. The summed E-state index contributed by atoms with van der Waals surface area (Å²) in [4.78, 5) is 13.1. The Morgan fingerprint density at radius 3 is 3.00 bits per heavy atom. The first-order valence-corrected chi connectivity index (χ1v) is 4.47. The van der Waals surface area contributed by atoms with E-state index in [4.69, 9.17) is 0 Å². The van der Waals surface area contributed by atoms with Gasteiger partial charge < -0.3 is 4.90 Å². The van der Waals surface area contributed by atoms with Gasteiger partial charge in [-0.15, -0.1) is 0 Å². The molecule has 11 heavy (non-hydrogen) atoms. The lowest BCUT2D eigenvalue weighted by molar-refractivity contribution is -0.131. The molecule has 0 bridgehead atoms. The summed E-state index contributed by atoms with van der Waals surface area (Å²) < 4.78 is 0. The van der Waals surface area contributed by atoms with Gasteiger partial charge in [-0.2, -0.15) is 0 Å². The number of unbranched alkanes of at least 4 members (excludes halogenated alkanes) is 1. The van der Waals surface area contributed by atoms with Crippen molar-refractivity contribution in [2.24, 2.45) is 0 Å². The average molecular weight is 154 g/mol. The standard InChI is InChI=1S/C9H16NO/c1-2-3-7-10-8-5-4-6-9(10)11/h7H,2-6,8H2,1H3. The number of rotatable bonds is 3. The second kappa shape index (κ2) is 4.37. The fourth-order valence-corrected chi connectivity index (χ4v) is 1.30. The molecule has 1 rings (SSSR count). The predicted molar refractivity (Wildman–Crippen MR) is 44.8 cm³/mol. The van der Waals surface area contributed by atoms with E-state index in [9.17, 15) is 4.79 Å². The largest absolute Gasteiger partial charge is 0.338 e. The van der Waals surface area contributed by atoms with Crippen LogP contribution in [0.1, 0.15) is 39.0 Å². The Morgan fingerprint density at radius 1 is 1.55 bits per heavy atom. The minimum atomic E-state index is 0.310. The minimum absolute atomic E-state index is 0.310. The van der Waals surface area contributed by atoms with Gasteiger partial charge >= 0.3 is 0 Å². The lowest BCUT2D eigenvalue weighted by Gasteiger charge is -2.25. The Kier molecular flexibility index (Phi) is 3.40. The van der Waals surface area contributed by atoms with Crippen molar-refractivity contribution in [3.63, 3.8) is 0 Å². The number of carbonyl (C=O) groups is 1. The van der Waals surface area contributed by atoms with Crippen LogP contribution in [0.3, 0.4) is 0 Å². The molecule has 1 aliphatic heterocycles. The van der Waals surface area contributed by atoms with E-state index >= 15 is 0 Å². The summed E-state index contributed by atoms with van der Waals surface area (Å²) in [6.07, 6.45) is 5.16. The number of hydrogen-bond donors (Lipinski definition) is 0. The van der Waals surface area contributed by atoms with Gasteiger partial charge in [0.2, 0.25) is 5.91 Å². The SMILES string of the molecule is CCC[CH]N1CCCCC1=O. The number of hydrogen-bond acceptors (Lipinski definition) is 1. The van der Waals surface area contributed by atoms with Crippen LogP contribution < -0.4 is 0 Å². The topological polar surface area (TPSA) is 20.3 Å². The number of carbonyl (C=O) groups excluding carboxylic acids is 1. The summed E-state index contributed by atoms with van der Waals surface area (Å²) in [5, 5.41) is 0. The summed E-state index contributed by atoms with van der Waals surface area (Å²) in [5.41, 5.74) is 0. The molecule has 1 amide bonds. The second-order valence-corrected chi connectivity index (χ2v) is 3.02. The number of piperidine rings is 1. The van der Waals surface area contributed by atoms with Gasteiger partial charge in [-0.3, -0.25) is 4.79 Å². The van der Waals surface area contributed by atoms with Crippen LogP contribution in [0.25, 0.3) is 0 Å². The van der Waals surface area contributed by atoms with Gasteiger partial charge in [-0.25, -0.2) is 0 Å².